The molecule has 174 valence electrons. The third-order valence-corrected chi connectivity index (χ3v) is 7.49. The van der Waals surface area contributed by atoms with Crippen molar-refractivity contribution in [3.8, 4) is 11.3 Å². The van der Waals surface area contributed by atoms with Gasteiger partial charge in [-0.25, -0.2) is 13.9 Å². The molecular weight excluding hydrogens is 458 g/mol. The summed E-state index contributed by atoms with van der Waals surface area (Å²) in [7, 11) is 0. The van der Waals surface area contributed by atoms with Crippen molar-refractivity contribution in [1.82, 2.24) is 4.57 Å². The number of benzene rings is 1. The van der Waals surface area contributed by atoms with Crippen molar-refractivity contribution in [2.45, 2.75) is 58.5 Å². The number of rotatable bonds is 6. The number of thiophene rings is 1. The molecule has 1 amide bonds. The number of hydrogen-bond acceptors (Lipinski definition) is 4. The molecule has 33 heavy (non-hydrogen) atoms. The molecule has 2 aromatic heterocycles. The number of hydrogen-bond donors (Lipinski definition) is 1. The molecule has 0 bridgehead atoms. The highest BCUT2D eigenvalue weighted by Gasteiger charge is 2.31. The van der Waals surface area contributed by atoms with Gasteiger partial charge in [0, 0.05) is 10.4 Å². The van der Waals surface area contributed by atoms with Gasteiger partial charge in [0.25, 0.3) is 11.7 Å². The first kappa shape index (κ1) is 23.5. The van der Waals surface area contributed by atoms with Gasteiger partial charge in [-0.15, -0.1) is 11.3 Å². The van der Waals surface area contributed by atoms with Crippen molar-refractivity contribution in [2.75, 3.05) is 11.9 Å². The quantitative estimate of drug-likeness (QED) is 0.421. The number of imidazole rings is 1. The lowest BCUT2D eigenvalue weighted by molar-refractivity contribution is -0.690. The molecule has 8 heteroatoms. The molecule has 0 saturated heterocycles. The number of amides is 1. The van der Waals surface area contributed by atoms with Crippen molar-refractivity contribution in [1.29, 1.82) is 0 Å². The second-order valence-corrected chi connectivity index (χ2v) is 9.47. The molecule has 0 atom stereocenters. The second-order valence-electron chi connectivity index (χ2n) is 8.36. The molecule has 1 aliphatic carbocycles. The number of esters is 1. The lowest BCUT2D eigenvalue weighted by Crippen LogP contribution is -3.00. The van der Waals surface area contributed by atoms with Gasteiger partial charge in [0.2, 0.25) is 0 Å². The van der Waals surface area contributed by atoms with Gasteiger partial charge in [-0.1, -0.05) is 30.3 Å². The Balaban J connectivity index is 0.00000259. The van der Waals surface area contributed by atoms with Crippen LogP contribution >= 0.6 is 11.3 Å². The van der Waals surface area contributed by atoms with E-state index < -0.39 is 0 Å². The molecule has 0 spiro atoms. The Hall–Kier alpha value is -2.64. The van der Waals surface area contributed by atoms with E-state index in [0.717, 1.165) is 61.9 Å². The van der Waals surface area contributed by atoms with Crippen molar-refractivity contribution >= 4 is 28.2 Å². The van der Waals surface area contributed by atoms with Crippen LogP contribution in [0.2, 0.25) is 0 Å². The lowest BCUT2D eigenvalue weighted by atomic mass is 9.95. The van der Waals surface area contributed by atoms with Gasteiger partial charge in [0.1, 0.15) is 11.2 Å². The predicted octanol–water partition coefficient (Wildman–Crippen LogP) is 1.15. The molecule has 1 N–H and O–H groups in total. The van der Waals surface area contributed by atoms with Gasteiger partial charge in [0.15, 0.2) is 12.2 Å². The highest BCUT2D eigenvalue weighted by atomic mass is 35.5. The molecule has 3 heterocycles. The number of carbonyl (C=O) groups excluding carboxylic acids is 2. The van der Waals surface area contributed by atoms with E-state index in [2.05, 4.69) is 32.8 Å². The standard InChI is InChI=1S/C25H27N3O3S.ClH/c1-2-31-25(30)23-18-11-6-7-12-20(18)32-24(23)26-21(29)16-27-15-19(17-9-4-3-5-10-17)28-14-8-13-22(27)28;/h3-5,9-10,15H,2,6-8,11-14,16H2,1H3;1H. The van der Waals surface area contributed by atoms with Crippen molar-refractivity contribution in [3.63, 3.8) is 0 Å². The summed E-state index contributed by atoms with van der Waals surface area (Å²) in [5.41, 5.74) is 3.94. The number of nitrogens with zero attached hydrogens (tertiary/aromatic N) is 2. The second kappa shape index (κ2) is 10.1. The van der Waals surface area contributed by atoms with E-state index in [1.165, 1.54) is 22.0 Å². The van der Waals surface area contributed by atoms with Crippen molar-refractivity contribution < 1.29 is 31.3 Å². The molecule has 0 unspecified atom stereocenters. The van der Waals surface area contributed by atoms with Crippen molar-refractivity contribution in [3.05, 3.63) is 58.4 Å². The first-order valence-electron chi connectivity index (χ1n) is 11.4. The first-order chi connectivity index (χ1) is 15.7. The predicted molar refractivity (Wildman–Crippen MR) is 124 cm³/mol. The number of aryl methyl sites for hydroxylation is 1. The summed E-state index contributed by atoms with van der Waals surface area (Å²) < 4.78 is 9.69. The zero-order valence-electron chi connectivity index (χ0n) is 18.7. The monoisotopic (exact) mass is 485 g/mol. The smallest absolute Gasteiger partial charge is 0.341 e. The Morgan fingerprint density at radius 3 is 2.70 bits per heavy atom. The molecule has 2 aliphatic rings. The van der Waals surface area contributed by atoms with Crippen LogP contribution in [0.4, 0.5) is 5.00 Å². The third kappa shape index (κ3) is 4.57. The van der Waals surface area contributed by atoms with E-state index in [1.807, 2.05) is 25.1 Å². The summed E-state index contributed by atoms with van der Waals surface area (Å²) in [5, 5.41) is 3.68. The van der Waals surface area contributed by atoms with Crippen LogP contribution < -0.4 is 22.3 Å². The Morgan fingerprint density at radius 1 is 1.12 bits per heavy atom. The van der Waals surface area contributed by atoms with Crippen LogP contribution in [0.25, 0.3) is 11.3 Å². The van der Waals surface area contributed by atoms with Gasteiger partial charge < -0.3 is 22.5 Å². The number of fused-ring (bicyclic) bond motifs is 2. The van der Waals surface area contributed by atoms with Crippen LogP contribution in [0.1, 0.15) is 52.8 Å². The van der Waals surface area contributed by atoms with Crippen LogP contribution in [-0.4, -0.2) is 23.1 Å². The fourth-order valence-corrected chi connectivity index (χ4v) is 6.17. The Morgan fingerprint density at radius 2 is 1.91 bits per heavy atom. The van der Waals surface area contributed by atoms with Crippen LogP contribution in [0.15, 0.2) is 36.5 Å². The third-order valence-electron chi connectivity index (χ3n) is 6.28. The minimum absolute atomic E-state index is 0. The number of anilines is 1. The fraction of sp³-hybridized carbons (Fsp3) is 0.400. The average Bonchev–Trinajstić information content (AvgIpc) is 3.49. The van der Waals surface area contributed by atoms with E-state index in [-0.39, 0.29) is 30.8 Å². The Bertz CT molecular complexity index is 1170. The number of ether oxygens (including phenoxy) is 1. The van der Waals surface area contributed by atoms with Crippen LogP contribution in [-0.2, 0) is 41.9 Å². The number of nitrogens with one attached hydrogen (secondary N) is 1. The molecule has 1 aliphatic heterocycles. The van der Waals surface area contributed by atoms with E-state index in [4.69, 9.17) is 4.74 Å². The summed E-state index contributed by atoms with van der Waals surface area (Å²) in [6, 6.07) is 10.3. The molecule has 5 rings (SSSR count). The van der Waals surface area contributed by atoms with E-state index in [9.17, 15) is 9.59 Å². The fourth-order valence-electron chi connectivity index (χ4n) is 4.88. The molecule has 0 radical (unpaired) electrons. The van der Waals surface area contributed by atoms with E-state index in [0.29, 0.717) is 17.2 Å². The maximum Gasteiger partial charge on any atom is 0.341 e. The summed E-state index contributed by atoms with van der Waals surface area (Å²) >= 11 is 1.54. The zero-order chi connectivity index (χ0) is 22.1. The van der Waals surface area contributed by atoms with Crippen LogP contribution in [0.3, 0.4) is 0 Å². The van der Waals surface area contributed by atoms with Gasteiger partial charge in [0.05, 0.1) is 25.1 Å². The highest BCUT2D eigenvalue weighted by molar-refractivity contribution is 7.17. The minimum Gasteiger partial charge on any atom is -1.00 e. The van der Waals surface area contributed by atoms with Crippen LogP contribution in [0.5, 0.6) is 0 Å². The normalized spacial score (nSPS) is 14.2. The SMILES string of the molecule is CCOC(=O)c1c(NC(=O)C[n+]2cc(-c3ccccc3)n3c2CCC3)sc2c1CCCC2.[Cl-]. The number of halogens is 1. The highest BCUT2D eigenvalue weighted by Crippen LogP contribution is 2.38. The summed E-state index contributed by atoms with van der Waals surface area (Å²) in [6.07, 6.45) is 8.15. The largest absolute Gasteiger partial charge is 1.00 e. The topological polar surface area (TPSA) is 64.2 Å². The maximum atomic E-state index is 13.1. The van der Waals surface area contributed by atoms with Gasteiger partial charge in [-0.05, 0) is 44.6 Å². The summed E-state index contributed by atoms with van der Waals surface area (Å²) in [6.45, 7) is 3.33. The van der Waals surface area contributed by atoms with Crippen LogP contribution in [0, 0.1) is 0 Å². The lowest BCUT2D eigenvalue weighted by Gasteiger charge is -2.12. The summed E-state index contributed by atoms with van der Waals surface area (Å²) in [4.78, 5) is 27.0. The molecular formula is C25H28ClN3O3S. The van der Waals surface area contributed by atoms with Crippen molar-refractivity contribution in [2.24, 2.45) is 0 Å². The Labute approximate surface area is 204 Å². The number of carbonyl (C=O) groups is 2. The summed E-state index contributed by atoms with van der Waals surface area (Å²) in [5.74, 6) is 0.736. The van der Waals surface area contributed by atoms with Gasteiger partial charge >= 0.3 is 5.97 Å². The molecule has 3 aromatic rings. The number of aromatic nitrogens is 2. The Kier molecular flexibility index (Phi) is 7.20. The molecule has 0 fully saturated rings. The molecule has 0 saturated carbocycles. The van der Waals surface area contributed by atoms with E-state index in [1.54, 1.807) is 0 Å². The first-order valence-corrected chi connectivity index (χ1v) is 12.3. The minimum atomic E-state index is -0.328. The molecule has 1 aromatic carbocycles. The zero-order valence-corrected chi connectivity index (χ0v) is 20.3. The average molecular weight is 486 g/mol. The van der Waals surface area contributed by atoms with Gasteiger partial charge in [-0.2, -0.15) is 0 Å². The van der Waals surface area contributed by atoms with E-state index >= 15 is 0 Å². The van der Waals surface area contributed by atoms with Gasteiger partial charge in [-0.3, -0.25) is 4.79 Å². The molecule has 6 nitrogen and oxygen atoms in total. The maximum absolute atomic E-state index is 13.1.